The number of hydrazine groups is 1. The molecular weight excluding hydrogens is 516 g/mol. The van der Waals surface area contributed by atoms with E-state index >= 15 is 0 Å². The van der Waals surface area contributed by atoms with E-state index in [0.29, 0.717) is 18.2 Å². The summed E-state index contributed by atoms with van der Waals surface area (Å²) < 4.78 is 6.16. The van der Waals surface area contributed by atoms with Gasteiger partial charge in [0.05, 0.1) is 5.56 Å². The first kappa shape index (κ1) is 27.3. The second-order valence-corrected chi connectivity index (χ2v) is 11.5. The van der Waals surface area contributed by atoms with Gasteiger partial charge in [-0.15, -0.1) is 0 Å². The fourth-order valence-electron chi connectivity index (χ4n) is 6.47. The van der Waals surface area contributed by atoms with Crippen molar-refractivity contribution in [2.75, 3.05) is 37.6 Å². The Kier molecular flexibility index (Phi) is 7.94. The van der Waals surface area contributed by atoms with Gasteiger partial charge in [-0.2, -0.15) is 0 Å². The molecule has 2 atom stereocenters. The van der Waals surface area contributed by atoms with Crippen molar-refractivity contribution >= 4 is 17.7 Å². The van der Waals surface area contributed by atoms with Gasteiger partial charge in [0.25, 0.3) is 0 Å². The van der Waals surface area contributed by atoms with E-state index in [9.17, 15) is 14.7 Å². The molecule has 2 N–H and O–H groups in total. The number of hydrogen-bond donors (Lipinski definition) is 2. The zero-order chi connectivity index (χ0) is 28.2. The summed E-state index contributed by atoms with van der Waals surface area (Å²) in [5.74, 6) is -0.677. The van der Waals surface area contributed by atoms with Gasteiger partial charge < -0.3 is 9.84 Å². The highest BCUT2D eigenvalue weighted by molar-refractivity contribution is 5.91. The number of aromatic carboxylic acids is 1. The minimum absolute atomic E-state index is 0.202. The molecule has 1 unspecified atom stereocenters. The largest absolute Gasteiger partial charge is 0.478 e. The lowest BCUT2D eigenvalue weighted by molar-refractivity contribution is -0.0153. The van der Waals surface area contributed by atoms with Crippen molar-refractivity contribution in [3.63, 3.8) is 0 Å². The number of carboxylic acid groups (broad SMARTS) is 1. The van der Waals surface area contributed by atoms with E-state index in [0.717, 1.165) is 64.7 Å². The average Bonchev–Trinajstić information content (AvgIpc) is 3.20. The molecule has 1 amide bonds. The molecule has 41 heavy (non-hydrogen) atoms. The van der Waals surface area contributed by atoms with E-state index in [-0.39, 0.29) is 11.7 Å². The number of likely N-dealkylation sites (tertiary alicyclic amines) is 1. The summed E-state index contributed by atoms with van der Waals surface area (Å²) in [7, 11) is 0. The van der Waals surface area contributed by atoms with Crippen LogP contribution in [0.2, 0.25) is 0 Å². The Bertz CT molecular complexity index is 1350. The second kappa shape index (κ2) is 11.9. The highest BCUT2D eigenvalue weighted by Gasteiger charge is 2.42. The van der Waals surface area contributed by atoms with Gasteiger partial charge in [-0.05, 0) is 73.7 Å². The summed E-state index contributed by atoms with van der Waals surface area (Å²) in [6, 6.07) is 17.2. The zero-order valence-electron chi connectivity index (χ0n) is 23.4. The number of benzene rings is 2. The minimum Gasteiger partial charge on any atom is -0.478 e. The number of hydrogen-bond acceptors (Lipinski definition) is 6. The highest BCUT2D eigenvalue weighted by atomic mass is 16.6. The monoisotopic (exact) mass is 554 g/mol. The molecule has 2 saturated heterocycles. The summed E-state index contributed by atoms with van der Waals surface area (Å²) in [5, 5.41) is 11.4. The van der Waals surface area contributed by atoms with Crippen LogP contribution in [-0.2, 0) is 4.74 Å². The van der Waals surface area contributed by atoms with Gasteiger partial charge in [-0.25, -0.2) is 15.0 Å². The number of rotatable bonds is 6. The fraction of sp³-hybridized carbons (Fsp3) is 0.394. The predicted octanol–water partition coefficient (Wildman–Crippen LogP) is 5.68. The normalized spacial score (nSPS) is 25.4. The number of amides is 1. The summed E-state index contributed by atoms with van der Waals surface area (Å²) in [6.45, 7) is 4.15. The van der Waals surface area contributed by atoms with Crippen LogP contribution in [0.3, 0.4) is 0 Å². The van der Waals surface area contributed by atoms with Crippen LogP contribution in [-0.4, -0.2) is 65.4 Å². The maximum Gasteiger partial charge on any atom is 0.414 e. The third-order valence-corrected chi connectivity index (χ3v) is 8.85. The summed E-state index contributed by atoms with van der Waals surface area (Å²) in [4.78, 5) is 28.5. The molecule has 0 saturated carbocycles. The number of carboxylic acids is 1. The lowest BCUT2D eigenvalue weighted by Crippen LogP contribution is -2.50. The first-order valence-electron chi connectivity index (χ1n) is 14.7. The van der Waals surface area contributed by atoms with Crippen LogP contribution in [0.25, 0.3) is 0 Å². The Morgan fingerprint density at radius 3 is 2.56 bits per heavy atom. The second-order valence-electron chi connectivity index (χ2n) is 11.5. The van der Waals surface area contributed by atoms with Crippen LogP contribution < -0.4 is 10.3 Å². The molecule has 2 fully saturated rings. The molecule has 1 aliphatic carbocycles. The van der Waals surface area contributed by atoms with E-state index in [4.69, 9.17) is 4.74 Å². The van der Waals surface area contributed by atoms with Crippen LogP contribution in [0.1, 0.15) is 60.4 Å². The molecule has 4 aliphatic rings. The summed E-state index contributed by atoms with van der Waals surface area (Å²) >= 11 is 0. The number of carbonyl (C=O) groups excluding carboxylic acids is 1. The molecule has 1 spiro atoms. The number of allylic oxidation sites excluding steroid dienone is 4. The molecule has 8 nitrogen and oxygen atoms in total. The molecule has 6 rings (SSSR count). The standard InChI is InChI=1S/C33H38N4O4/c38-31(39)26-12-14-28(15-13-26)36-21-18-33(41-32(36)40)16-7-19-35(20-17-33)23-27-24-37(29-10-5-2-6-11-29)34-22-30(27)25-8-3-1-4-9-25/h1-5,8-10,12-15,24,30,34H,6-7,11,16-23H2,(H,38,39)/t30?,33-/m0/s1. The Hall–Kier alpha value is -3.88. The van der Waals surface area contributed by atoms with Crippen molar-refractivity contribution in [2.24, 2.45) is 0 Å². The van der Waals surface area contributed by atoms with Crippen molar-refractivity contribution in [1.82, 2.24) is 15.3 Å². The number of carbonyl (C=O) groups is 2. The molecule has 0 bridgehead atoms. The molecule has 8 heteroatoms. The smallest absolute Gasteiger partial charge is 0.414 e. The van der Waals surface area contributed by atoms with Crippen LogP contribution in [0.5, 0.6) is 0 Å². The van der Waals surface area contributed by atoms with Gasteiger partial charge in [-0.1, -0.05) is 42.5 Å². The molecule has 214 valence electrons. The molecule has 2 aromatic rings. The van der Waals surface area contributed by atoms with Crippen molar-refractivity contribution < 1.29 is 19.4 Å². The molecule has 3 aliphatic heterocycles. The first-order valence-corrected chi connectivity index (χ1v) is 14.7. The summed E-state index contributed by atoms with van der Waals surface area (Å²) in [6.07, 6.45) is 14.0. The van der Waals surface area contributed by atoms with Crippen LogP contribution >= 0.6 is 0 Å². The number of nitrogens with zero attached hydrogens (tertiary/aromatic N) is 3. The molecule has 3 heterocycles. The third kappa shape index (κ3) is 6.09. The van der Waals surface area contributed by atoms with Crippen molar-refractivity contribution in [2.45, 2.75) is 50.0 Å². The van der Waals surface area contributed by atoms with E-state index < -0.39 is 11.6 Å². The number of nitrogens with one attached hydrogen (secondary N) is 1. The van der Waals surface area contributed by atoms with Gasteiger partial charge in [0.15, 0.2) is 0 Å². The Labute approximate surface area is 241 Å². The van der Waals surface area contributed by atoms with Gasteiger partial charge in [-0.3, -0.25) is 14.8 Å². The van der Waals surface area contributed by atoms with Crippen molar-refractivity contribution in [1.29, 1.82) is 0 Å². The third-order valence-electron chi connectivity index (χ3n) is 8.85. The first-order chi connectivity index (χ1) is 20.0. The lowest BCUT2D eigenvalue weighted by Gasteiger charge is -2.41. The number of ether oxygens (including phenoxy) is 1. The molecule has 0 radical (unpaired) electrons. The zero-order valence-corrected chi connectivity index (χ0v) is 23.4. The Morgan fingerprint density at radius 1 is 1.02 bits per heavy atom. The van der Waals surface area contributed by atoms with Gasteiger partial charge in [0.1, 0.15) is 5.60 Å². The number of anilines is 1. The maximum atomic E-state index is 13.1. The van der Waals surface area contributed by atoms with Crippen LogP contribution in [0.15, 0.2) is 90.3 Å². The fourth-order valence-corrected chi connectivity index (χ4v) is 6.47. The van der Waals surface area contributed by atoms with Crippen molar-refractivity contribution in [3.8, 4) is 0 Å². The van der Waals surface area contributed by atoms with Crippen LogP contribution in [0.4, 0.5) is 10.5 Å². The van der Waals surface area contributed by atoms with Gasteiger partial charge >= 0.3 is 12.1 Å². The van der Waals surface area contributed by atoms with E-state index in [1.807, 2.05) is 0 Å². The Morgan fingerprint density at radius 2 is 1.83 bits per heavy atom. The molecule has 0 aromatic heterocycles. The van der Waals surface area contributed by atoms with Crippen LogP contribution in [0, 0.1) is 0 Å². The highest BCUT2D eigenvalue weighted by Crippen LogP contribution is 2.37. The van der Waals surface area contributed by atoms with Gasteiger partial charge in [0.2, 0.25) is 0 Å². The topological polar surface area (TPSA) is 85.3 Å². The minimum atomic E-state index is -0.981. The quantitative estimate of drug-likeness (QED) is 0.475. The molecular formula is C33H38N4O4. The van der Waals surface area contributed by atoms with Crippen molar-refractivity contribution in [3.05, 3.63) is 101 Å². The van der Waals surface area contributed by atoms with E-state index in [1.54, 1.807) is 17.0 Å². The maximum absolute atomic E-state index is 13.1. The predicted molar refractivity (Wildman–Crippen MR) is 158 cm³/mol. The SMILES string of the molecule is O=C(O)c1ccc(N2CC[C@@]3(CCCN(CC4=CN(C5=CC=CCC5)NCC4c4ccccc4)CC3)OC2=O)cc1. The summed E-state index contributed by atoms with van der Waals surface area (Å²) in [5.41, 5.74) is 8.08. The van der Waals surface area contributed by atoms with E-state index in [1.165, 1.54) is 29.0 Å². The molecule has 2 aromatic carbocycles. The lowest BCUT2D eigenvalue weighted by atomic mass is 9.89. The van der Waals surface area contributed by atoms with Gasteiger partial charge in [0, 0.05) is 62.5 Å². The van der Waals surface area contributed by atoms with E-state index in [2.05, 4.69) is 70.1 Å². The average molecular weight is 555 g/mol. The Balaban J connectivity index is 1.13.